The molecule has 10 aromatic rings. The van der Waals surface area contributed by atoms with Gasteiger partial charge in [0.1, 0.15) is 0 Å². The highest BCUT2D eigenvalue weighted by Crippen LogP contribution is 2.50. The summed E-state index contributed by atoms with van der Waals surface area (Å²) in [7, 11) is 0. The third-order valence-corrected chi connectivity index (χ3v) is 12.4. The van der Waals surface area contributed by atoms with E-state index < -0.39 is 0 Å². The van der Waals surface area contributed by atoms with E-state index in [2.05, 4.69) is 159 Å². The molecule has 4 heteroatoms. The van der Waals surface area contributed by atoms with Crippen molar-refractivity contribution in [2.75, 3.05) is 0 Å². The van der Waals surface area contributed by atoms with E-state index in [9.17, 15) is 0 Å². The van der Waals surface area contributed by atoms with Crippen LogP contribution in [0.5, 0.6) is 0 Å². The van der Waals surface area contributed by atoms with E-state index in [1.807, 2.05) is 29.5 Å². The number of fused-ring (bicyclic) bond motifs is 10. The number of aromatic nitrogens is 3. The lowest BCUT2D eigenvalue weighted by Gasteiger charge is -2.21. The maximum atomic E-state index is 5.34. The second kappa shape index (κ2) is 11.8. The minimum Gasteiger partial charge on any atom is -0.247 e. The molecule has 0 N–H and O–H groups in total. The predicted molar refractivity (Wildman–Crippen MR) is 227 cm³/mol. The van der Waals surface area contributed by atoms with Crippen LogP contribution in [0, 0.1) is 0 Å². The van der Waals surface area contributed by atoms with Crippen molar-refractivity contribution in [1.82, 2.24) is 15.0 Å². The maximum Gasteiger partial charge on any atom is 0.160 e. The van der Waals surface area contributed by atoms with Gasteiger partial charge in [0, 0.05) is 64.0 Å². The van der Waals surface area contributed by atoms with Gasteiger partial charge in [-0.2, -0.15) is 0 Å². The molecule has 3 nitrogen and oxygen atoms in total. The van der Waals surface area contributed by atoms with Crippen LogP contribution in [0.25, 0.3) is 98.1 Å². The fourth-order valence-corrected chi connectivity index (χ4v) is 9.74. The zero-order valence-electron chi connectivity index (χ0n) is 29.8. The van der Waals surface area contributed by atoms with Crippen molar-refractivity contribution in [2.45, 2.75) is 19.3 Å². The first-order valence-corrected chi connectivity index (χ1v) is 19.3. The Kier molecular flexibility index (Phi) is 6.77. The third kappa shape index (κ3) is 4.70. The molecule has 7 aromatic carbocycles. The molecule has 0 radical (unpaired) electrons. The minimum atomic E-state index is -0.0576. The molecule has 0 atom stereocenters. The maximum absolute atomic E-state index is 5.34. The van der Waals surface area contributed by atoms with Crippen LogP contribution < -0.4 is 0 Å². The minimum absolute atomic E-state index is 0.0576. The lowest BCUT2D eigenvalue weighted by atomic mass is 9.82. The van der Waals surface area contributed by atoms with Crippen molar-refractivity contribution in [1.29, 1.82) is 0 Å². The van der Waals surface area contributed by atoms with E-state index in [0.717, 1.165) is 55.6 Å². The molecule has 0 aliphatic heterocycles. The van der Waals surface area contributed by atoms with Gasteiger partial charge in [0.2, 0.25) is 0 Å². The molecule has 0 amide bonds. The summed E-state index contributed by atoms with van der Waals surface area (Å²) in [6.07, 6.45) is 0. The quantitative estimate of drug-likeness (QED) is 0.171. The van der Waals surface area contributed by atoms with Crippen LogP contribution in [0.3, 0.4) is 0 Å². The molecule has 11 rings (SSSR count). The van der Waals surface area contributed by atoms with Crippen LogP contribution in [0.1, 0.15) is 25.0 Å². The fraction of sp³-hybridized carbons (Fsp3) is 0.0600. The standard InChI is InChI=1S/C50H33N3S/c1-50(2)39-19-11-9-17-34(39)37-27-32(21-24-40(37)50)42-29-43(53-49(52-42)31-15-7-4-8-16-31)33-22-25-41-38(28-33)46-36(48(51-41)30-13-5-3-6-14-30)23-26-45-47(46)35-18-10-12-20-44(35)54-45/h3-29H,1-2H3. The van der Waals surface area contributed by atoms with Crippen molar-refractivity contribution in [3.05, 3.63) is 175 Å². The average Bonchev–Trinajstić information content (AvgIpc) is 3.72. The molecule has 0 saturated heterocycles. The van der Waals surface area contributed by atoms with E-state index in [1.165, 1.54) is 47.8 Å². The van der Waals surface area contributed by atoms with Gasteiger partial charge in [0.25, 0.3) is 0 Å². The zero-order chi connectivity index (χ0) is 36.0. The molecule has 254 valence electrons. The summed E-state index contributed by atoms with van der Waals surface area (Å²) in [5, 5.41) is 6.06. The van der Waals surface area contributed by atoms with Gasteiger partial charge in [-0.15, -0.1) is 11.3 Å². The normalized spacial score (nSPS) is 13.1. The Labute approximate surface area is 317 Å². The predicted octanol–water partition coefficient (Wildman–Crippen LogP) is 13.5. The fourth-order valence-electron chi connectivity index (χ4n) is 8.62. The highest BCUT2D eigenvalue weighted by atomic mass is 32.1. The average molecular weight is 708 g/mol. The molecule has 0 spiro atoms. The Morgan fingerprint density at radius 2 is 1.09 bits per heavy atom. The molecule has 0 bridgehead atoms. The van der Waals surface area contributed by atoms with Crippen LogP contribution in [0.2, 0.25) is 0 Å². The Balaban J connectivity index is 1.17. The van der Waals surface area contributed by atoms with Crippen LogP contribution in [0.15, 0.2) is 164 Å². The summed E-state index contributed by atoms with van der Waals surface area (Å²) in [6, 6.07) is 58.6. The molecule has 3 heterocycles. The largest absolute Gasteiger partial charge is 0.247 e. The highest BCUT2D eigenvalue weighted by Gasteiger charge is 2.35. The van der Waals surface area contributed by atoms with Gasteiger partial charge < -0.3 is 0 Å². The van der Waals surface area contributed by atoms with Crippen molar-refractivity contribution in [3.8, 4) is 56.3 Å². The molecular formula is C50H33N3S. The van der Waals surface area contributed by atoms with Gasteiger partial charge in [-0.1, -0.05) is 141 Å². The second-order valence-electron chi connectivity index (χ2n) is 14.8. The smallest absolute Gasteiger partial charge is 0.160 e. The third-order valence-electron chi connectivity index (χ3n) is 11.3. The van der Waals surface area contributed by atoms with Gasteiger partial charge in [0.05, 0.1) is 22.6 Å². The number of hydrogen-bond donors (Lipinski definition) is 0. The van der Waals surface area contributed by atoms with Gasteiger partial charge >= 0.3 is 0 Å². The van der Waals surface area contributed by atoms with E-state index in [0.29, 0.717) is 5.82 Å². The van der Waals surface area contributed by atoms with E-state index in [4.69, 9.17) is 15.0 Å². The summed E-state index contributed by atoms with van der Waals surface area (Å²) in [4.78, 5) is 15.8. The summed E-state index contributed by atoms with van der Waals surface area (Å²) in [5.41, 5.74) is 13.2. The Hall–Kier alpha value is -6.49. The first kappa shape index (κ1) is 31.1. The van der Waals surface area contributed by atoms with Crippen LogP contribution in [-0.4, -0.2) is 15.0 Å². The Morgan fingerprint density at radius 1 is 0.426 bits per heavy atom. The second-order valence-corrected chi connectivity index (χ2v) is 15.9. The lowest BCUT2D eigenvalue weighted by molar-refractivity contribution is 0.660. The van der Waals surface area contributed by atoms with Crippen molar-refractivity contribution >= 4 is 53.2 Å². The van der Waals surface area contributed by atoms with Crippen LogP contribution in [0.4, 0.5) is 0 Å². The summed E-state index contributed by atoms with van der Waals surface area (Å²) in [6.45, 7) is 4.64. The first-order chi connectivity index (χ1) is 26.5. The van der Waals surface area contributed by atoms with Gasteiger partial charge in [-0.05, 0) is 58.7 Å². The molecule has 0 fully saturated rings. The highest BCUT2D eigenvalue weighted by molar-refractivity contribution is 7.26. The van der Waals surface area contributed by atoms with E-state index in [-0.39, 0.29) is 5.41 Å². The topological polar surface area (TPSA) is 38.7 Å². The first-order valence-electron chi connectivity index (χ1n) is 18.4. The summed E-state index contributed by atoms with van der Waals surface area (Å²) < 4.78 is 2.56. The molecule has 54 heavy (non-hydrogen) atoms. The van der Waals surface area contributed by atoms with Gasteiger partial charge in [0.15, 0.2) is 5.82 Å². The zero-order valence-corrected chi connectivity index (χ0v) is 30.7. The number of pyridine rings is 1. The molecule has 3 aromatic heterocycles. The van der Waals surface area contributed by atoms with Crippen LogP contribution in [-0.2, 0) is 5.41 Å². The monoisotopic (exact) mass is 707 g/mol. The van der Waals surface area contributed by atoms with Crippen molar-refractivity contribution < 1.29 is 0 Å². The lowest BCUT2D eigenvalue weighted by Crippen LogP contribution is -2.14. The van der Waals surface area contributed by atoms with Crippen molar-refractivity contribution in [3.63, 3.8) is 0 Å². The molecular weight excluding hydrogens is 675 g/mol. The van der Waals surface area contributed by atoms with E-state index in [1.54, 1.807) is 0 Å². The number of thiophene rings is 1. The number of nitrogens with zero attached hydrogens (tertiary/aromatic N) is 3. The molecule has 1 aliphatic rings. The summed E-state index contributed by atoms with van der Waals surface area (Å²) >= 11 is 1.85. The Morgan fingerprint density at radius 3 is 1.91 bits per heavy atom. The van der Waals surface area contributed by atoms with E-state index >= 15 is 0 Å². The molecule has 0 unspecified atom stereocenters. The number of hydrogen-bond acceptors (Lipinski definition) is 4. The summed E-state index contributed by atoms with van der Waals surface area (Å²) in [5.74, 6) is 0.707. The molecule has 1 aliphatic carbocycles. The van der Waals surface area contributed by atoms with Crippen LogP contribution >= 0.6 is 11.3 Å². The number of benzene rings is 7. The van der Waals surface area contributed by atoms with Crippen molar-refractivity contribution in [2.24, 2.45) is 0 Å². The van der Waals surface area contributed by atoms with Gasteiger partial charge in [-0.3, -0.25) is 0 Å². The van der Waals surface area contributed by atoms with Gasteiger partial charge in [-0.25, -0.2) is 15.0 Å². The SMILES string of the molecule is CC1(C)c2ccccc2-c2cc(-c3cc(-c4ccc5nc(-c6ccccc6)c6ccc7sc8ccccc8c7c6c5c4)nc(-c4ccccc4)n3)ccc21. The number of rotatable bonds is 4. The Bertz CT molecular complexity index is 3120. The molecule has 0 saturated carbocycles.